The molecule has 0 spiro atoms. The molecule has 5 nitrogen and oxygen atoms in total. The first kappa shape index (κ1) is 16.3. The molecular weight excluding hydrogens is 282 g/mol. The lowest BCUT2D eigenvalue weighted by Crippen LogP contribution is -2.46. The number of ether oxygens (including phenoxy) is 1. The van der Waals surface area contributed by atoms with Gasteiger partial charge in [0.2, 0.25) is 0 Å². The third kappa shape index (κ3) is 4.48. The highest BCUT2D eigenvalue weighted by Gasteiger charge is 2.32. The number of Topliss-reactive ketones (excluding diaryl/α,β-unsaturated/α-hetero) is 1. The summed E-state index contributed by atoms with van der Waals surface area (Å²) in [5.74, 6) is 0.0935. The highest BCUT2D eigenvalue weighted by molar-refractivity contribution is 5.84. The molecule has 1 aliphatic heterocycles. The monoisotopic (exact) mass is 305 g/mol. The number of carbonyl (C=O) groups is 2. The summed E-state index contributed by atoms with van der Waals surface area (Å²) in [5.41, 5.74) is 0.351. The molecule has 5 heteroatoms. The normalized spacial score (nSPS) is 19.1. The van der Waals surface area contributed by atoms with Crippen LogP contribution >= 0.6 is 0 Å². The van der Waals surface area contributed by atoms with Crippen LogP contribution in [-0.4, -0.2) is 40.6 Å². The minimum Gasteiger partial charge on any atom is -0.508 e. The third-order valence-electron chi connectivity index (χ3n) is 3.57. The number of hydrogen-bond donors (Lipinski definition) is 1. The molecule has 2 rings (SSSR count). The fraction of sp³-hybridized carbons (Fsp3) is 0.529. The maximum atomic E-state index is 12.1. The summed E-state index contributed by atoms with van der Waals surface area (Å²) in [5, 5.41) is 9.51. The molecule has 22 heavy (non-hydrogen) atoms. The molecule has 1 aromatic carbocycles. The number of rotatable bonds is 2. The van der Waals surface area contributed by atoms with E-state index in [1.807, 2.05) is 26.8 Å². The Morgan fingerprint density at radius 3 is 2.77 bits per heavy atom. The first-order valence-electron chi connectivity index (χ1n) is 7.53. The average molecular weight is 305 g/mol. The molecule has 1 atom stereocenters. The first-order valence-corrected chi connectivity index (χ1v) is 7.53. The molecule has 0 radical (unpaired) electrons. The maximum absolute atomic E-state index is 12.1. The molecule has 1 saturated heterocycles. The van der Waals surface area contributed by atoms with Crippen molar-refractivity contribution in [3.05, 3.63) is 29.8 Å². The minimum absolute atomic E-state index is 0.156. The van der Waals surface area contributed by atoms with Crippen LogP contribution in [0.5, 0.6) is 5.75 Å². The molecular formula is C17H23NO4. The third-order valence-corrected chi connectivity index (χ3v) is 3.57. The van der Waals surface area contributed by atoms with Gasteiger partial charge in [-0.05, 0) is 44.9 Å². The van der Waals surface area contributed by atoms with Gasteiger partial charge < -0.3 is 14.7 Å². The molecule has 0 saturated carbocycles. The van der Waals surface area contributed by atoms with E-state index in [-0.39, 0.29) is 23.5 Å². The molecule has 0 bridgehead atoms. The summed E-state index contributed by atoms with van der Waals surface area (Å²) in [6.07, 6.45) is 0.496. The Hall–Kier alpha value is -2.04. The zero-order valence-corrected chi connectivity index (χ0v) is 13.3. The number of aromatic hydroxyl groups is 1. The van der Waals surface area contributed by atoms with Gasteiger partial charge in [-0.1, -0.05) is 12.1 Å². The van der Waals surface area contributed by atoms with Crippen molar-refractivity contribution >= 4 is 11.9 Å². The van der Waals surface area contributed by atoms with Crippen LogP contribution < -0.4 is 0 Å². The van der Waals surface area contributed by atoms with E-state index in [2.05, 4.69) is 0 Å². The van der Waals surface area contributed by atoms with Crippen molar-refractivity contribution in [2.24, 2.45) is 5.92 Å². The number of phenolic OH excluding ortho intramolecular Hbond substituents is 1. The van der Waals surface area contributed by atoms with Crippen LogP contribution in [-0.2, 0) is 16.0 Å². The van der Waals surface area contributed by atoms with Crippen LogP contribution in [0, 0.1) is 5.92 Å². The fourth-order valence-electron chi connectivity index (χ4n) is 2.55. The Kier molecular flexibility index (Phi) is 4.74. The molecule has 1 heterocycles. The first-order chi connectivity index (χ1) is 10.2. The number of nitrogens with zero attached hydrogens (tertiary/aromatic N) is 1. The number of benzene rings is 1. The smallest absolute Gasteiger partial charge is 0.410 e. The number of hydrogen-bond acceptors (Lipinski definition) is 4. The van der Waals surface area contributed by atoms with Gasteiger partial charge in [0, 0.05) is 25.4 Å². The number of carbonyl (C=O) groups excluding carboxylic acids is 2. The molecule has 1 fully saturated rings. The van der Waals surface area contributed by atoms with Crippen LogP contribution in [0.15, 0.2) is 24.3 Å². The van der Waals surface area contributed by atoms with Crippen LogP contribution in [0.25, 0.3) is 0 Å². The second-order valence-electron chi connectivity index (χ2n) is 6.71. The summed E-state index contributed by atoms with van der Waals surface area (Å²) in [7, 11) is 0. The predicted molar refractivity (Wildman–Crippen MR) is 82.7 cm³/mol. The Morgan fingerprint density at radius 1 is 1.41 bits per heavy atom. The molecule has 1 aliphatic rings. The number of piperidine rings is 1. The van der Waals surface area contributed by atoms with Gasteiger partial charge >= 0.3 is 6.09 Å². The molecule has 0 aromatic heterocycles. The number of phenols is 1. The van der Waals surface area contributed by atoms with E-state index in [9.17, 15) is 14.7 Å². The fourth-order valence-corrected chi connectivity index (χ4v) is 2.55. The zero-order chi connectivity index (χ0) is 16.3. The van der Waals surface area contributed by atoms with E-state index in [1.54, 1.807) is 23.1 Å². The SMILES string of the molecule is CC(C)(C)OC(=O)N1CCC(=O)C(Cc2cccc(O)c2)C1. The second kappa shape index (κ2) is 6.38. The van der Waals surface area contributed by atoms with Gasteiger partial charge in [0.1, 0.15) is 17.1 Å². The Labute approximate surface area is 130 Å². The van der Waals surface area contributed by atoms with Crippen LogP contribution in [0.1, 0.15) is 32.8 Å². The highest BCUT2D eigenvalue weighted by atomic mass is 16.6. The molecule has 1 N–H and O–H groups in total. The average Bonchev–Trinajstić information content (AvgIpc) is 2.39. The molecule has 1 unspecified atom stereocenters. The van der Waals surface area contributed by atoms with Gasteiger partial charge in [0.25, 0.3) is 0 Å². The summed E-state index contributed by atoms with van der Waals surface area (Å²) in [6, 6.07) is 6.88. The van der Waals surface area contributed by atoms with Crippen LogP contribution in [0.4, 0.5) is 4.79 Å². The summed E-state index contributed by atoms with van der Waals surface area (Å²) < 4.78 is 5.37. The lowest BCUT2D eigenvalue weighted by atomic mass is 9.90. The highest BCUT2D eigenvalue weighted by Crippen LogP contribution is 2.22. The lowest BCUT2D eigenvalue weighted by molar-refractivity contribution is -0.125. The van der Waals surface area contributed by atoms with Gasteiger partial charge in [0.15, 0.2) is 0 Å². The van der Waals surface area contributed by atoms with Crippen molar-refractivity contribution in [1.82, 2.24) is 4.90 Å². The van der Waals surface area contributed by atoms with E-state index in [1.165, 1.54) is 0 Å². The largest absolute Gasteiger partial charge is 0.508 e. The second-order valence-corrected chi connectivity index (χ2v) is 6.71. The van der Waals surface area contributed by atoms with Gasteiger partial charge in [-0.2, -0.15) is 0 Å². The molecule has 1 amide bonds. The predicted octanol–water partition coefficient (Wildman–Crippen LogP) is 2.76. The van der Waals surface area contributed by atoms with Gasteiger partial charge in [-0.25, -0.2) is 4.79 Å². The Morgan fingerprint density at radius 2 is 2.14 bits per heavy atom. The van der Waals surface area contributed by atoms with Gasteiger partial charge in [0.05, 0.1) is 0 Å². The summed E-state index contributed by atoms with van der Waals surface area (Å²) in [6.45, 7) is 6.24. The summed E-state index contributed by atoms with van der Waals surface area (Å²) in [4.78, 5) is 25.8. The topological polar surface area (TPSA) is 66.8 Å². The minimum atomic E-state index is -0.542. The van der Waals surface area contributed by atoms with Crippen molar-refractivity contribution in [2.75, 3.05) is 13.1 Å². The number of amides is 1. The number of ketones is 1. The molecule has 1 aromatic rings. The van der Waals surface area contributed by atoms with E-state index >= 15 is 0 Å². The number of likely N-dealkylation sites (tertiary alicyclic amines) is 1. The van der Waals surface area contributed by atoms with E-state index in [0.29, 0.717) is 25.9 Å². The zero-order valence-electron chi connectivity index (χ0n) is 13.3. The van der Waals surface area contributed by atoms with Crippen molar-refractivity contribution in [3.63, 3.8) is 0 Å². The van der Waals surface area contributed by atoms with Crippen molar-refractivity contribution < 1.29 is 19.4 Å². The van der Waals surface area contributed by atoms with Crippen LogP contribution in [0.3, 0.4) is 0 Å². The van der Waals surface area contributed by atoms with Gasteiger partial charge in [-0.15, -0.1) is 0 Å². The van der Waals surface area contributed by atoms with E-state index < -0.39 is 5.60 Å². The van der Waals surface area contributed by atoms with Gasteiger partial charge in [-0.3, -0.25) is 4.79 Å². The summed E-state index contributed by atoms with van der Waals surface area (Å²) >= 11 is 0. The van der Waals surface area contributed by atoms with Crippen molar-refractivity contribution in [3.8, 4) is 5.75 Å². The standard InChI is InChI=1S/C17H23NO4/c1-17(2,3)22-16(21)18-8-7-15(20)13(11-18)9-12-5-4-6-14(19)10-12/h4-6,10,13,19H,7-9,11H2,1-3H3. The maximum Gasteiger partial charge on any atom is 0.410 e. The lowest BCUT2D eigenvalue weighted by Gasteiger charge is -2.33. The van der Waals surface area contributed by atoms with Crippen LogP contribution in [0.2, 0.25) is 0 Å². The van der Waals surface area contributed by atoms with Crippen molar-refractivity contribution in [2.45, 2.75) is 39.2 Å². The van der Waals surface area contributed by atoms with E-state index in [4.69, 9.17) is 4.74 Å². The Balaban J connectivity index is 2.02. The van der Waals surface area contributed by atoms with E-state index in [0.717, 1.165) is 5.56 Å². The Bertz CT molecular complexity index is 562. The molecule has 0 aliphatic carbocycles. The molecule has 120 valence electrons. The quantitative estimate of drug-likeness (QED) is 0.912. The van der Waals surface area contributed by atoms with Crippen molar-refractivity contribution in [1.29, 1.82) is 0 Å².